The van der Waals surface area contributed by atoms with Crippen LogP contribution in [0, 0.1) is 12.8 Å². The van der Waals surface area contributed by atoms with Crippen molar-refractivity contribution >= 4 is 5.91 Å². The Labute approximate surface area is 152 Å². The zero-order valence-corrected chi connectivity index (χ0v) is 15.0. The van der Waals surface area contributed by atoms with E-state index in [0.717, 1.165) is 50.9 Å². The highest BCUT2D eigenvalue weighted by molar-refractivity contribution is 5.79. The van der Waals surface area contributed by atoms with Gasteiger partial charge in [-0.25, -0.2) is 4.98 Å². The van der Waals surface area contributed by atoms with Gasteiger partial charge in [-0.2, -0.15) is 4.98 Å². The molecule has 3 heterocycles. The quantitative estimate of drug-likeness (QED) is 0.789. The van der Waals surface area contributed by atoms with Crippen LogP contribution in [0.15, 0.2) is 29.1 Å². The first-order valence-electron chi connectivity index (χ1n) is 9.27. The van der Waals surface area contributed by atoms with Crippen LogP contribution in [-0.4, -0.2) is 44.0 Å². The van der Waals surface area contributed by atoms with Crippen molar-refractivity contribution in [3.05, 3.63) is 36.1 Å². The van der Waals surface area contributed by atoms with Gasteiger partial charge in [0.1, 0.15) is 5.69 Å². The number of nitrogens with zero attached hydrogens (tertiary/aromatic N) is 5. The Hall–Kier alpha value is -2.57. The number of aromatic nitrogens is 4. The van der Waals surface area contributed by atoms with Crippen molar-refractivity contribution in [1.82, 2.24) is 25.0 Å². The van der Waals surface area contributed by atoms with Crippen molar-refractivity contribution < 1.29 is 9.32 Å². The fourth-order valence-corrected chi connectivity index (χ4v) is 3.64. The van der Waals surface area contributed by atoms with Gasteiger partial charge >= 0.3 is 0 Å². The summed E-state index contributed by atoms with van der Waals surface area (Å²) in [4.78, 5) is 27.6. The van der Waals surface area contributed by atoms with Gasteiger partial charge in [0.25, 0.3) is 5.89 Å². The standard InChI is InChI=1S/C19H23N5O2/c1-13-11-21-16(12-20-13)18-22-17(23-26-18)14-7-9-24(10-8-14)19(25)15-5-3-2-4-6-15/h2-3,11-12,14-15H,4-10H2,1H3/t15-/m0/s1. The maximum Gasteiger partial charge on any atom is 0.278 e. The number of aryl methyl sites for hydroxylation is 1. The molecule has 136 valence electrons. The van der Waals surface area contributed by atoms with Gasteiger partial charge in [-0.3, -0.25) is 9.78 Å². The number of hydrogen-bond donors (Lipinski definition) is 0. The lowest BCUT2D eigenvalue weighted by atomic mass is 9.90. The second-order valence-corrected chi connectivity index (χ2v) is 7.08. The lowest BCUT2D eigenvalue weighted by Crippen LogP contribution is -2.41. The van der Waals surface area contributed by atoms with E-state index in [9.17, 15) is 4.79 Å². The summed E-state index contributed by atoms with van der Waals surface area (Å²) in [5.41, 5.74) is 1.44. The second kappa shape index (κ2) is 7.35. The number of allylic oxidation sites excluding steroid dienone is 2. The molecule has 0 spiro atoms. The summed E-state index contributed by atoms with van der Waals surface area (Å²) in [7, 11) is 0. The van der Waals surface area contributed by atoms with Gasteiger partial charge in [0.15, 0.2) is 5.82 Å². The summed E-state index contributed by atoms with van der Waals surface area (Å²) >= 11 is 0. The highest BCUT2D eigenvalue weighted by Gasteiger charge is 2.30. The summed E-state index contributed by atoms with van der Waals surface area (Å²) in [5, 5.41) is 4.13. The van der Waals surface area contributed by atoms with E-state index < -0.39 is 0 Å². The molecule has 2 aromatic rings. The van der Waals surface area contributed by atoms with Gasteiger partial charge < -0.3 is 9.42 Å². The van der Waals surface area contributed by atoms with Crippen LogP contribution in [0.5, 0.6) is 0 Å². The average molecular weight is 353 g/mol. The van der Waals surface area contributed by atoms with Crippen LogP contribution >= 0.6 is 0 Å². The number of carbonyl (C=O) groups excluding carboxylic acids is 1. The van der Waals surface area contributed by atoms with Crippen LogP contribution in [-0.2, 0) is 4.79 Å². The minimum absolute atomic E-state index is 0.161. The predicted molar refractivity (Wildman–Crippen MR) is 95.1 cm³/mol. The third kappa shape index (κ3) is 3.52. The molecule has 1 aliphatic carbocycles. The van der Waals surface area contributed by atoms with Gasteiger partial charge in [0, 0.05) is 31.1 Å². The molecule has 26 heavy (non-hydrogen) atoms. The fraction of sp³-hybridized carbons (Fsp3) is 0.526. The third-order valence-corrected chi connectivity index (χ3v) is 5.23. The van der Waals surface area contributed by atoms with Crippen LogP contribution in [0.3, 0.4) is 0 Å². The number of piperidine rings is 1. The minimum atomic E-state index is 0.161. The summed E-state index contributed by atoms with van der Waals surface area (Å²) in [5.74, 6) is 1.79. The van der Waals surface area contributed by atoms with Gasteiger partial charge in [0.05, 0.1) is 11.9 Å². The molecule has 1 amide bonds. The molecule has 1 atom stereocenters. The molecule has 0 N–H and O–H groups in total. The van der Waals surface area contributed by atoms with Crippen molar-refractivity contribution in [3.63, 3.8) is 0 Å². The summed E-state index contributed by atoms with van der Waals surface area (Å²) in [6.45, 7) is 3.41. The first-order chi connectivity index (χ1) is 12.7. The van der Waals surface area contributed by atoms with Gasteiger partial charge in [-0.15, -0.1) is 0 Å². The van der Waals surface area contributed by atoms with E-state index in [-0.39, 0.29) is 11.8 Å². The Balaban J connectivity index is 1.37. The number of carbonyl (C=O) groups is 1. The first kappa shape index (κ1) is 16.9. The number of likely N-dealkylation sites (tertiary alicyclic amines) is 1. The summed E-state index contributed by atoms with van der Waals surface area (Å²) < 4.78 is 5.36. The molecule has 4 rings (SSSR count). The molecular formula is C19H23N5O2. The third-order valence-electron chi connectivity index (χ3n) is 5.23. The van der Waals surface area contributed by atoms with E-state index in [2.05, 4.69) is 32.3 Å². The van der Waals surface area contributed by atoms with Crippen molar-refractivity contribution in [2.75, 3.05) is 13.1 Å². The highest BCUT2D eigenvalue weighted by Crippen LogP contribution is 2.29. The predicted octanol–water partition coefficient (Wildman–Crippen LogP) is 2.90. The summed E-state index contributed by atoms with van der Waals surface area (Å²) in [6.07, 6.45) is 12.2. The molecule has 7 heteroatoms. The normalized spacial score (nSPS) is 21.1. The molecule has 1 saturated heterocycles. The smallest absolute Gasteiger partial charge is 0.278 e. The van der Waals surface area contributed by atoms with E-state index in [0.29, 0.717) is 23.3 Å². The minimum Gasteiger partial charge on any atom is -0.342 e. The van der Waals surface area contributed by atoms with E-state index in [1.165, 1.54) is 0 Å². The molecule has 2 aromatic heterocycles. The Morgan fingerprint density at radius 2 is 2.00 bits per heavy atom. The van der Waals surface area contributed by atoms with Crippen LogP contribution in [0.25, 0.3) is 11.6 Å². The van der Waals surface area contributed by atoms with Crippen LogP contribution in [0.4, 0.5) is 0 Å². The van der Waals surface area contributed by atoms with Crippen molar-refractivity contribution in [2.24, 2.45) is 5.92 Å². The van der Waals surface area contributed by atoms with Crippen LogP contribution < -0.4 is 0 Å². The average Bonchev–Trinajstić information content (AvgIpc) is 3.19. The molecule has 0 bridgehead atoms. The molecule has 1 fully saturated rings. The molecule has 0 saturated carbocycles. The van der Waals surface area contributed by atoms with E-state index in [1.54, 1.807) is 12.4 Å². The van der Waals surface area contributed by atoms with Crippen LogP contribution in [0.2, 0.25) is 0 Å². The lowest BCUT2D eigenvalue weighted by molar-refractivity contribution is -0.136. The fourth-order valence-electron chi connectivity index (χ4n) is 3.64. The maximum atomic E-state index is 12.6. The van der Waals surface area contributed by atoms with E-state index in [1.807, 2.05) is 11.8 Å². The number of hydrogen-bond acceptors (Lipinski definition) is 6. The lowest BCUT2D eigenvalue weighted by Gasteiger charge is -2.33. The van der Waals surface area contributed by atoms with Crippen molar-refractivity contribution in [2.45, 2.75) is 44.9 Å². The molecule has 0 unspecified atom stereocenters. The van der Waals surface area contributed by atoms with Crippen molar-refractivity contribution in [1.29, 1.82) is 0 Å². The maximum absolute atomic E-state index is 12.6. The summed E-state index contributed by atoms with van der Waals surface area (Å²) in [6, 6.07) is 0. The zero-order chi connectivity index (χ0) is 17.9. The number of rotatable bonds is 3. The van der Waals surface area contributed by atoms with E-state index in [4.69, 9.17) is 4.52 Å². The molecular weight excluding hydrogens is 330 g/mol. The zero-order valence-electron chi connectivity index (χ0n) is 15.0. The largest absolute Gasteiger partial charge is 0.342 e. The molecule has 0 aromatic carbocycles. The molecule has 1 aliphatic heterocycles. The molecule has 2 aliphatic rings. The highest BCUT2D eigenvalue weighted by atomic mass is 16.5. The monoisotopic (exact) mass is 353 g/mol. The van der Waals surface area contributed by atoms with Gasteiger partial charge in [0.2, 0.25) is 5.91 Å². The number of amides is 1. The van der Waals surface area contributed by atoms with Gasteiger partial charge in [-0.1, -0.05) is 17.3 Å². The van der Waals surface area contributed by atoms with Gasteiger partial charge in [-0.05, 0) is 39.0 Å². The molecule has 0 radical (unpaired) electrons. The first-order valence-corrected chi connectivity index (χ1v) is 9.27. The topological polar surface area (TPSA) is 85.0 Å². The SMILES string of the molecule is Cc1cnc(-c2nc(C3CCN(C(=O)[C@H]4CC=CCC4)CC3)no2)cn1. The molecule has 7 nitrogen and oxygen atoms in total. The Bertz CT molecular complexity index is 791. The van der Waals surface area contributed by atoms with Crippen LogP contribution in [0.1, 0.15) is 49.5 Å². The second-order valence-electron chi connectivity index (χ2n) is 7.08. The van der Waals surface area contributed by atoms with Crippen molar-refractivity contribution in [3.8, 4) is 11.6 Å². The van der Waals surface area contributed by atoms with E-state index >= 15 is 0 Å². The Morgan fingerprint density at radius 3 is 2.69 bits per heavy atom. The Morgan fingerprint density at radius 1 is 1.15 bits per heavy atom. The Kier molecular flexibility index (Phi) is 4.77.